The molecule has 4 aromatic carbocycles. The number of hydrogen-bond acceptors (Lipinski definition) is 0. The summed E-state index contributed by atoms with van der Waals surface area (Å²) in [5, 5.41) is 8.54. The van der Waals surface area contributed by atoms with Gasteiger partial charge in [-0.15, -0.1) is 0 Å². The van der Waals surface area contributed by atoms with E-state index in [1.807, 2.05) is 0 Å². The first-order valence-corrected chi connectivity index (χ1v) is 16.8. The molecule has 200 valence electrons. The molecule has 0 aliphatic carbocycles. The third-order valence-corrected chi connectivity index (χ3v) is 15.6. The van der Waals surface area contributed by atoms with E-state index in [-0.39, 0.29) is 5.04 Å². The summed E-state index contributed by atoms with van der Waals surface area (Å²) in [5.41, 5.74) is 7.05. The zero-order valence-electron chi connectivity index (χ0n) is 24.8. The maximum atomic E-state index is 2.74. The molecule has 0 bridgehead atoms. The van der Waals surface area contributed by atoms with Crippen molar-refractivity contribution in [1.29, 1.82) is 0 Å². The molecular formula is C37H39N2Si+. The van der Waals surface area contributed by atoms with Crippen molar-refractivity contribution in [2.45, 2.75) is 65.5 Å². The number of imidazole rings is 1. The minimum absolute atomic E-state index is 0.0978. The van der Waals surface area contributed by atoms with Crippen LogP contribution >= 0.6 is 0 Å². The zero-order valence-corrected chi connectivity index (χ0v) is 25.8. The first-order chi connectivity index (χ1) is 19.2. The van der Waals surface area contributed by atoms with Gasteiger partial charge in [-0.05, 0) is 35.7 Å². The van der Waals surface area contributed by atoms with Gasteiger partial charge >= 0.3 is 0 Å². The normalized spacial score (nSPS) is 15.7. The largest absolute Gasteiger partial charge is 0.295 e. The van der Waals surface area contributed by atoms with Crippen molar-refractivity contribution in [2.75, 3.05) is 0 Å². The van der Waals surface area contributed by atoms with Gasteiger partial charge in [0, 0.05) is 28.3 Å². The van der Waals surface area contributed by atoms with Crippen molar-refractivity contribution in [3.8, 4) is 0 Å². The lowest BCUT2D eigenvalue weighted by atomic mass is 9.92. The molecule has 2 nitrogen and oxygen atoms in total. The van der Waals surface area contributed by atoms with Crippen molar-refractivity contribution >= 4 is 51.1 Å². The van der Waals surface area contributed by atoms with Gasteiger partial charge in [0.05, 0.1) is 11.4 Å². The van der Waals surface area contributed by atoms with Crippen molar-refractivity contribution < 1.29 is 4.40 Å². The molecule has 0 unspecified atom stereocenters. The van der Waals surface area contributed by atoms with E-state index in [1.165, 1.54) is 59.8 Å². The molecule has 0 saturated carbocycles. The van der Waals surface area contributed by atoms with E-state index < -0.39 is 8.07 Å². The predicted molar refractivity (Wildman–Crippen MR) is 172 cm³/mol. The van der Waals surface area contributed by atoms with Crippen molar-refractivity contribution in [3.05, 3.63) is 114 Å². The Morgan fingerprint density at radius 1 is 0.700 bits per heavy atom. The number of hydrogen-bond donors (Lipinski definition) is 0. The summed E-state index contributed by atoms with van der Waals surface area (Å²) < 4.78 is 5.40. The van der Waals surface area contributed by atoms with Crippen LogP contribution in [0.2, 0.25) is 0 Å². The van der Waals surface area contributed by atoms with Crippen LogP contribution in [-0.4, -0.2) is 12.6 Å². The minimum atomic E-state index is -2.65. The molecule has 6 aromatic rings. The van der Waals surface area contributed by atoms with Crippen molar-refractivity contribution in [1.82, 2.24) is 4.57 Å². The average molecular weight is 540 g/mol. The van der Waals surface area contributed by atoms with Crippen LogP contribution in [0.25, 0.3) is 27.3 Å². The standard InChI is InChI=1S/C37H39N2Si/c1-24(2)29-20-14-21-30-31-22-15-23-32-34(31)39-35(33(29)30)38(25(3)4)26(5)36(39)40(37(32,6)7,27-16-10-8-11-17-27)28-18-12-9-13-19-28/h8-25H,1-7H3/q+1. The summed E-state index contributed by atoms with van der Waals surface area (Å²) in [7, 11) is -2.65. The Labute approximate surface area is 238 Å². The maximum absolute atomic E-state index is 2.74. The number of rotatable bonds is 4. The monoisotopic (exact) mass is 539 g/mol. The Balaban J connectivity index is 1.88. The summed E-state index contributed by atoms with van der Waals surface area (Å²) in [6.45, 7) is 16.8. The molecular weight excluding hydrogens is 501 g/mol. The fourth-order valence-corrected chi connectivity index (χ4v) is 14.4. The van der Waals surface area contributed by atoms with Gasteiger partial charge in [0.2, 0.25) is 8.07 Å². The number of nitrogens with zero attached hydrogens (tertiary/aromatic N) is 2. The predicted octanol–water partition coefficient (Wildman–Crippen LogP) is 6.85. The lowest BCUT2D eigenvalue weighted by Gasteiger charge is -2.46. The van der Waals surface area contributed by atoms with E-state index in [0.29, 0.717) is 12.0 Å². The van der Waals surface area contributed by atoms with E-state index in [1.54, 1.807) is 0 Å². The summed E-state index contributed by atoms with van der Waals surface area (Å²) in [4.78, 5) is 0. The van der Waals surface area contributed by atoms with Gasteiger partial charge in [-0.1, -0.05) is 125 Å². The number of para-hydroxylation sites is 1. The molecule has 0 N–H and O–H groups in total. The zero-order chi connectivity index (χ0) is 28.0. The van der Waals surface area contributed by atoms with Crippen LogP contribution in [0.4, 0.5) is 0 Å². The van der Waals surface area contributed by atoms with Gasteiger partial charge in [-0.2, -0.15) is 4.40 Å². The van der Waals surface area contributed by atoms with Crippen LogP contribution in [0.1, 0.15) is 70.3 Å². The van der Waals surface area contributed by atoms with Crippen molar-refractivity contribution in [2.24, 2.45) is 0 Å². The molecule has 0 amide bonds. The van der Waals surface area contributed by atoms with Crippen LogP contribution in [0, 0.1) is 6.92 Å². The topological polar surface area (TPSA) is 9.03 Å². The van der Waals surface area contributed by atoms with Crippen LogP contribution in [0.3, 0.4) is 0 Å². The molecule has 7 rings (SSSR count). The molecule has 1 aliphatic rings. The smallest absolute Gasteiger partial charge is 0.225 e. The third-order valence-electron chi connectivity index (χ3n) is 9.76. The first kappa shape index (κ1) is 25.3. The van der Waals surface area contributed by atoms with E-state index in [2.05, 4.69) is 154 Å². The van der Waals surface area contributed by atoms with E-state index in [4.69, 9.17) is 0 Å². The Kier molecular flexibility index (Phi) is 5.47. The van der Waals surface area contributed by atoms with Gasteiger partial charge in [-0.25, -0.2) is 4.57 Å². The molecule has 2 aromatic heterocycles. The molecule has 0 radical (unpaired) electrons. The lowest BCUT2D eigenvalue weighted by Crippen LogP contribution is -2.83. The highest BCUT2D eigenvalue weighted by atomic mass is 28.3. The average Bonchev–Trinajstić information content (AvgIpc) is 3.27. The van der Waals surface area contributed by atoms with E-state index >= 15 is 0 Å². The Bertz CT molecular complexity index is 1890. The Morgan fingerprint density at radius 3 is 1.85 bits per heavy atom. The van der Waals surface area contributed by atoms with Gasteiger partial charge in [0.15, 0.2) is 0 Å². The molecule has 1 aliphatic heterocycles. The highest BCUT2D eigenvalue weighted by Crippen LogP contribution is 2.43. The summed E-state index contributed by atoms with van der Waals surface area (Å²) in [6, 6.07) is 37.3. The molecule has 0 atom stereocenters. The molecule has 0 fully saturated rings. The second-order valence-electron chi connectivity index (χ2n) is 12.8. The summed E-state index contributed by atoms with van der Waals surface area (Å²) >= 11 is 0. The van der Waals surface area contributed by atoms with Crippen molar-refractivity contribution in [3.63, 3.8) is 0 Å². The fraction of sp³-hybridized carbons (Fsp3) is 0.270. The summed E-state index contributed by atoms with van der Waals surface area (Å²) in [5.74, 6) is 0.428. The Morgan fingerprint density at radius 2 is 1.27 bits per heavy atom. The highest BCUT2D eigenvalue weighted by Gasteiger charge is 2.61. The second kappa shape index (κ2) is 8.65. The van der Waals surface area contributed by atoms with Crippen LogP contribution < -0.4 is 20.1 Å². The number of fused-ring (bicyclic) bond motifs is 3. The number of aromatic nitrogens is 2. The molecule has 0 spiro atoms. The minimum Gasteiger partial charge on any atom is -0.225 e. The molecule has 3 heteroatoms. The SMILES string of the molecule is Cc1c2[n+]3c4c(cccc4c4cccc(C(C)C)c4c3n1C(C)C)C(C)(C)[Si]2(c1ccccc1)c1ccccc1. The maximum Gasteiger partial charge on any atom is 0.295 e. The summed E-state index contributed by atoms with van der Waals surface area (Å²) in [6.07, 6.45) is 0. The van der Waals surface area contributed by atoms with Crippen LogP contribution in [-0.2, 0) is 5.04 Å². The molecule has 40 heavy (non-hydrogen) atoms. The van der Waals surface area contributed by atoms with E-state index in [9.17, 15) is 0 Å². The van der Waals surface area contributed by atoms with E-state index in [0.717, 1.165) is 0 Å². The number of pyridine rings is 1. The van der Waals surface area contributed by atoms with Gasteiger partial charge in [0.25, 0.3) is 5.65 Å². The third kappa shape index (κ3) is 2.96. The first-order valence-electron chi connectivity index (χ1n) is 14.8. The number of benzene rings is 4. The van der Waals surface area contributed by atoms with Crippen LogP contribution in [0.15, 0.2) is 97.1 Å². The van der Waals surface area contributed by atoms with Crippen LogP contribution in [0.5, 0.6) is 0 Å². The second-order valence-corrected chi connectivity index (χ2v) is 17.2. The van der Waals surface area contributed by atoms with Gasteiger partial charge in [0.1, 0.15) is 16.5 Å². The molecule has 0 saturated heterocycles. The van der Waals surface area contributed by atoms with Gasteiger partial charge in [-0.3, -0.25) is 0 Å². The highest BCUT2D eigenvalue weighted by molar-refractivity contribution is 7.12. The molecule has 3 heterocycles. The Hall–Kier alpha value is -3.69. The van der Waals surface area contributed by atoms with Gasteiger partial charge < -0.3 is 0 Å². The fourth-order valence-electron chi connectivity index (χ4n) is 8.24. The quantitative estimate of drug-likeness (QED) is 0.132. The lowest BCUT2D eigenvalue weighted by molar-refractivity contribution is -0.461.